The quantitative estimate of drug-likeness (QED) is 0.386. The summed E-state index contributed by atoms with van der Waals surface area (Å²) in [5.74, 6) is 0. The van der Waals surface area contributed by atoms with E-state index in [2.05, 4.69) is 0 Å². The molecule has 0 rings (SSSR count). The Hall–Kier alpha value is 0.170. The van der Waals surface area contributed by atoms with Gasteiger partial charge in [-0.3, -0.25) is 10.2 Å². The van der Waals surface area contributed by atoms with E-state index in [0.29, 0.717) is 4.48 Å². The van der Waals surface area contributed by atoms with Crippen LogP contribution in [0, 0.1) is 0 Å². The van der Waals surface area contributed by atoms with Gasteiger partial charge in [0, 0.05) is 12.8 Å². The second kappa shape index (κ2) is 5.75. The normalized spacial score (nSPS) is 16.5. The number of halogens is 1. The van der Waals surface area contributed by atoms with Crippen molar-refractivity contribution in [2.24, 2.45) is 5.73 Å². The fourth-order valence-electron chi connectivity index (χ4n) is 1.16. The van der Waals surface area contributed by atoms with Crippen LogP contribution in [0.3, 0.4) is 0 Å². The minimum absolute atomic E-state index is 0. The average Bonchev–Trinajstić information content (AvgIpc) is 2.01. The van der Waals surface area contributed by atoms with Crippen molar-refractivity contribution in [2.75, 3.05) is 14.1 Å². The van der Waals surface area contributed by atoms with E-state index < -0.39 is 0 Å². The minimum atomic E-state index is -0.343. The summed E-state index contributed by atoms with van der Waals surface area (Å²) in [4.78, 5) is 0. The monoisotopic (exact) mass is 196 g/mol. The maximum Gasteiger partial charge on any atom is 0.191 e. The van der Waals surface area contributed by atoms with Gasteiger partial charge in [-0.2, -0.15) is 0 Å². The average molecular weight is 197 g/mol. The Kier molecular flexibility index (Phi) is 7.04. The lowest BCUT2D eigenvalue weighted by molar-refractivity contribution is -0.959. The van der Waals surface area contributed by atoms with E-state index in [9.17, 15) is 5.11 Å². The summed E-state index contributed by atoms with van der Waals surface area (Å²) in [6.45, 7) is 4.00. The standard InChI is InChI=1S/C8H21N2O.ClH/c1-5-7(9)10(3,4)8(11)6-2;/h7-8,11H,5-6,9H2,1-4H3;1H/q+1;/p-1. The molecule has 0 bridgehead atoms. The molecule has 76 valence electrons. The fourth-order valence-corrected chi connectivity index (χ4v) is 1.16. The molecular formula is C8H21ClN2O. The highest BCUT2D eigenvalue weighted by Gasteiger charge is 2.29. The third-order valence-electron chi connectivity index (χ3n) is 2.41. The second-order valence-corrected chi connectivity index (χ2v) is 3.49. The third kappa shape index (κ3) is 3.27. The highest BCUT2D eigenvalue weighted by Crippen LogP contribution is 2.12. The summed E-state index contributed by atoms with van der Waals surface area (Å²) < 4.78 is 0.493. The molecule has 0 radical (unpaired) electrons. The molecule has 0 heterocycles. The molecule has 3 N–H and O–H groups in total. The number of hydrogen-bond donors (Lipinski definition) is 2. The molecule has 2 atom stereocenters. The van der Waals surface area contributed by atoms with Crippen LogP contribution in [0.2, 0.25) is 0 Å². The van der Waals surface area contributed by atoms with Crippen molar-refractivity contribution in [1.82, 2.24) is 0 Å². The van der Waals surface area contributed by atoms with Crippen LogP contribution >= 0.6 is 0 Å². The topological polar surface area (TPSA) is 46.2 Å². The van der Waals surface area contributed by atoms with E-state index in [1.54, 1.807) is 0 Å². The van der Waals surface area contributed by atoms with Crippen molar-refractivity contribution in [2.45, 2.75) is 39.1 Å². The van der Waals surface area contributed by atoms with Gasteiger partial charge in [0.15, 0.2) is 6.23 Å². The van der Waals surface area contributed by atoms with Crippen molar-refractivity contribution < 1.29 is 22.0 Å². The number of nitrogens with two attached hydrogens (primary N) is 1. The lowest BCUT2D eigenvalue weighted by atomic mass is 10.2. The Labute approximate surface area is 81.6 Å². The van der Waals surface area contributed by atoms with Gasteiger partial charge in [-0.25, -0.2) is 0 Å². The summed E-state index contributed by atoms with van der Waals surface area (Å²) in [6, 6.07) is 0. The summed E-state index contributed by atoms with van der Waals surface area (Å²) in [5.41, 5.74) is 5.84. The molecule has 0 amide bonds. The van der Waals surface area contributed by atoms with Crippen LogP contribution in [0.4, 0.5) is 0 Å². The maximum absolute atomic E-state index is 9.58. The number of aliphatic hydroxyl groups is 1. The Balaban J connectivity index is 0. The number of aliphatic hydroxyl groups excluding tert-OH is 1. The van der Waals surface area contributed by atoms with Gasteiger partial charge < -0.3 is 17.5 Å². The van der Waals surface area contributed by atoms with Crippen LogP contribution in [0.1, 0.15) is 26.7 Å². The van der Waals surface area contributed by atoms with Crippen molar-refractivity contribution in [3.8, 4) is 0 Å². The molecule has 0 aliphatic rings. The third-order valence-corrected chi connectivity index (χ3v) is 2.41. The lowest BCUT2D eigenvalue weighted by Crippen LogP contribution is -3.00. The zero-order valence-corrected chi connectivity index (χ0v) is 9.17. The number of quaternary nitrogens is 1. The van der Waals surface area contributed by atoms with Crippen LogP contribution in [-0.2, 0) is 0 Å². The summed E-state index contributed by atoms with van der Waals surface area (Å²) in [6.07, 6.45) is 1.33. The number of rotatable bonds is 4. The largest absolute Gasteiger partial charge is 1.00 e. The first-order chi connectivity index (χ1) is 4.96. The molecule has 0 saturated carbocycles. The molecule has 0 aromatic heterocycles. The van der Waals surface area contributed by atoms with Crippen molar-refractivity contribution in [3.63, 3.8) is 0 Å². The Morgan fingerprint density at radius 3 is 1.92 bits per heavy atom. The van der Waals surface area contributed by atoms with Crippen molar-refractivity contribution >= 4 is 0 Å². The molecule has 0 aromatic carbocycles. The Bertz CT molecular complexity index is 108. The van der Waals surface area contributed by atoms with E-state index in [1.165, 1.54) is 0 Å². The smallest absolute Gasteiger partial charge is 0.191 e. The Morgan fingerprint density at radius 2 is 1.67 bits per heavy atom. The number of nitrogens with zero attached hydrogens (tertiary/aromatic N) is 1. The van der Waals surface area contributed by atoms with Crippen LogP contribution in [0.15, 0.2) is 0 Å². The Morgan fingerprint density at radius 1 is 1.25 bits per heavy atom. The van der Waals surface area contributed by atoms with E-state index in [1.807, 2.05) is 27.9 Å². The summed E-state index contributed by atoms with van der Waals surface area (Å²) in [5, 5.41) is 9.58. The van der Waals surface area contributed by atoms with Gasteiger partial charge in [0.2, 0.25) is 0 Å². The zero-order valence-electron chi connectivity index (χ0n) is 8.42. The van der Waals surface area contributed by atoms with Gasteiger partial charge in [-0.1, -0.05) is 13.8 Å². The van der Waals surface area contributed by atoms with Gasteiger partial charge in [0.25, 0.3) is 0 Å². The predicted octanol–water partition coefficient (Wildman–Crippen LogP) is -2.51. The molecule has 4 heteroatoms. The van der Waals surface area contributed by atoms with Crippen LogP contribution < -0.4 is 18.1 Å². The molecule has 0 aromatic rings. The fraction of sp³-hybridized carbons (Fsp3) is 1.00. The van der Waals surface area contributed by atoms with Gasteiger partial charge in [0.05, 0.1) is 14.1 Å². The minimum Gasteiger partial charge on any atom is -1.00 e. The van der Waals surface area contributed by atoms with E-state index in [-0.39, 0.29) is 24.8 Å². The molecule has 0 aliphatic carbocycles. The molecule has 0 aliphatic heterocycles. The van der Waals surface area contributed by atoms with E-state index >= 15 is 0 Å². The van der Waals surface area contributed by atoms with Gasteiger partial charge >= 0.3 is 0 Å². The van der Waals surface area contributed by atoms with E-state index in [4.69, 9.17) is 5.73 Å². The van der Waals surface area contributed by atoms with Gasteiger partial charge in [-0.15, -0.1) is 0 Å². The first kappa shape index (κ1) is 14.7. The van der Waals surface area contributed by atoms with Crippen molar-refractivity contribution in [1.29, 1.82) is 0 Å². The lowest BCUT2D eigenvalue weighted by Gasteiger charge is -2.38. The first-order valence-corrected chi connectivity index (χ1v) is 4.23. The molecule has 3 nitrogen and oxygen atoms in total. The second-order valence-electron chi connectivity index (χ2n) is 3.49. The van der Waals surface area contributed by atoms with Gasteiger partial charge in [0.1, 0.15) is 6.17 Å². The molecule has 0 saturated heterocycles. The SMILES string of the molecule is CCC(N)[N+](C)(C)C(O)CC.[Cl-]. The van der Waals surface area contributed by atoms with Crippen molar-refractivity contribution in [3.05, 3.63) is 0 Å². The van der Waals surface area contributed by atoms with Crippen LogP contribution in [0.25, 0.3) is 0 Å². The first-order valence-electron chi connectivity index (χ1n) is 4.23. The zero-order chi connectivity index (χ0) is 9.07. The molecule has 12 heavy (non-hydrogen) atoms. The molecular weight excluding hydrogens is 176 g/mol. The molecule has 0 spiro atoms. The maximum atomic E-state index is 9.58. The van der Waals surface area contributed by atoms with Crippen LogP contribution in [0.5, 0.6) is 0 Å². The predicted molar refractivity (Wildman–Crippen MR) is 46.7 cm³/mol. The summed E-state index contributed by atoms with van der Waals surface area (Å²) >= 11 is 0. The summed E-state index contributed by atoms with van der Waals surface area (Å²) in [7, 11) is 3.92. The van der Waals surface area contributed by atoms with Gasteiger partial charge in [-0.05, 0) is 0 Å². The number of hydrogen-bond acceptors (Lipinski definition) is 2. The highest BCUT2D eigenvalue weighted by atomic mass is 35.5. The van der Waals surface area contributed by atoms with Crippen LogP contribution in [-0.4, -0.2) is 36.1 Å². The molecule has 0 fully saturated rings. The molecule has 2 unspecified atom stereocenters. The highest BCUT2D eigenvalue weighted by molar-refractivity contribution is 4.47. The van der Waals surface area contributed by atoms with E-state index in [0.717, 1.165) is 12.8 Å².